The molecule has 0 aliphatic carbocycles. The summed E-state index contributed by atoms with van der Waals surface area (Å²) in [6.45, 7) is 4.74. The second kappa shape index (κ2) is 6.94. The van der Waals surface area contributed by atoms with Crippen molar-refractivity contribution in [1.82, 2.24) is 4.90 Å². The van der Waals surface area contributed by atoms with E-state index in [1.807, 2.05) is 0 Å². The number of likely N-dealkylation sites (tertiary alicyclic amines) is 1. The van der Waals surface area contributed by atoms with Gasteiger partial charge in [-0.15, -0.1) is 11.3 Å². The Morgan fingerprint density at radius 1 is 1.56 bits per heavy atom. The molecule has 0 spiro atoms. The molecule has 3 heteroatoms. The third-order valence-corrected chi connectivity index (χ3v) is 4.37. The van der Waals surface area contributed by atoms with Gasteiger partial charge >= 0.3 is 0 Å². The van der Waals surface area contributed by atoms with Crippen molar-refractivity contribution in [1.29, 1.82) is 0 Å². The van der Waals surface area contributed by atoms with Crippen LogP contribution in [0.2, 0.25) is 0 Å². The van der Waals surface area contributed by atoms with Gasteiger partial charge in [-0.05, 0) is 31.9 Å². The molecule has 1 N–H and O–H groups in total. The van der Waals surface area contributed by atoms with Crippen LogP contribution in [0.4, 0.5) is 0 Å². The van der Waals surface area contributed by atoms with E-state index in [0.717, 1.165) is 18.2 Å². The van der Waals surface area contributed by atoms with E-state index in [0.29, 0.717) is 6.42 Å². The van der Waals surface area contributed by atoms with Gasteiger partial charge in [0.1, 0.15) is 0 Å². The van der Waals surface area contributed by atoms with Gasteiger partial charge in [-0.2, -0.15) is 0 Å². The summed E-state index contributed by atoms with van der Waals surface area (Å²) in [7, 11) is 0. The zero-order valence-electron chi connectivity index (χ0n) is 11.0. The van der Waals surface area contributed by atoms with E-state index in [4.69, 9.17) is 5.11 Å². The molecule has 98 valence electrons. The summed E-state index contributed by atoms with van der Waals surface area (Å²) in [6, 6.07) is 2.97. The van der Waals surface area contributed by atoms with Gasteiger partial charge in [-0.1, -0.05) is 18.8 Å². The topological polar surface area (TPSA) is 23.5 Å². The van der Waals surface area contributed by atoms with Crippen molar-refractivity contribution in [3.8, 4) is 11.8 Å². The number of thiophene rings is 1. The summed E-state index contributed by atoms with van der Waals surface area (Å²) in [4.78, 5) is 4.00. The molecule has 0 bridgehead atoms. The largest absolute Gasteiger partial charge is 0.395 e. The van der Waals surface area contributed by atoms with Crippen molar-refractivity contribution in [3.05, 3.63) is 21.9 Å². The molecule has 2 heterocycles. The minimum atomic E-state index is 0.149. The SMILES string of the molecule is CCC1CCCN1Cc1cc(C#CCCO)cs1. The predicted molar refractivity (Wildman–Crippen MR) is 76.6 cm³/mol. The zero-order valence-corrected chi connectivity index (χ0v) is 11.8. The van der Waals surface area contributed by atoms with Gasteiger partial charge in [0.05, 0.1) is 6.61 Å². The Balaban J connectivity index is 1.92. The molecule has 2 rings (SSSR count). The molecule has 0 saturated carbocycles. The summed E-state index contributed by atoms with van der Waals surface area (Å²) in [5, 5.41) is 10.8. The van der Waals surface area contributed by atoms with Crippen LogP contribution in [-0.2, 0) is 6.54 Å². The minimum Gasteiger partial charge on any atom is -0.395 e. The highest BCUT2D eigenvalue weighted by atomic mass is 32.1. The van der Waals surface area contributed by atoms with E-state index in [2.05, 4.69) is 35.1 Å². The van der Waals surface area contributed by atoms with Crippen molar-refractivity contribution in [2.45, 2.75) is 45.2 Å². The van der Waals surface area contributed by atoms with Crippen LogP contribution in [0.1, 0.15) is 43.0 Å². The third kappa shape index (κ3) is 3.58. The molecular weight excluding hydrogens is 242 g/mol. The fourth-order valence-corrected chi connectivity index (χ4v) is 3.36. The Bertz CT molecular complexity index is 429. The van der Waals surface area contributed by atoms with Gasteiger partial charge in [0.25, 0.3) is 0 Å². The highest BCUT2D eigenvalue weighted by Gasteiger charge is 2.22. The quantitative estimate of drug-likeness (QED) is 0.844. The van der Waals surface area contributed by atoms with E-state index < -0.39 is 0 Å². The molecule has 0 amide bonds. The summed E-state index contributed by atoms with van der Waals surface area (Å²) >= 11 is 1.80. The first kappa shape index (κ1) is 13.6. The van der Waals surface area contributed by atoms with E-state index in [1.54, 1.807) is 11.3 Å². The molecule has 1 aliphatic rings. The summed E-state index contributed by atoms with van der Waals surface area (Å²) < 4.78 is 0. The lowest BCUT2D eigenvalue weighted by Crippen LogP contribution is -2.27. The molecule has 1 aromatic heterocycles. The number of hydrogen-bond donors (Lipinski definition) is 1. The average Bonchev–Trinajstić information content (AvgIpc) is 2.99. The average molecular weight is 263 g/mol. The van der Waals surface area contributed by atoms with E-state index in [9.17, 15) is 0 Å². The minimum absolute atomic E-state index is 0.149. The standard InChI is InChI=1S/C15H21NOS/c1-2-14-7-5-8-16(14)11-15-10-13(12-18-15)6-3-4-9-17/h10,12,14,17H,2,4-5,7-9,11H2,1H3. The first-order chi connectivity index (χ1) is 8.83. The number of aliphatic hydroxyl groups is 1. The second-order valence-electron chi connectivity index (χ2n) is 4.75. The van der Waals surface area contributed by atoms with Gasteiger partial charge in [-0.25, -0.2) is 0 Å². The summed E-state index contributed by atoms with van der Waals surface area (Å²) in [5.41, 5.74) is 1.09. The van der Waals surface area contributed by atoms with Gasteiger partial charge in [-0.3, -0.25) is 4.90 Å². The monoisotopic (exact) mass is 263 g/mol. The van der Waals surface area contributed by atoms with Crippen molar-refractivity contribution >= 4 is 11.3 Å². The molecule has 1 atom stereocenters. The van der Waals surface area contributed by atoms with Crippen LogP contribution in [0.25, 0.3) is 0 Å². The lowest BCUT2D eigenvalue weighted by Gasteiger charge is -2.22. The maximum absolute atomic E-state index is 8.69. The zero-order chi connectivity index (χ0) is 12.8. The van der Waals surface area contributed by atoms with Gasteiger partial charge in [0.2, 0.25) is 0 Å². The lowest BCUT2D eigenvalue weighted by atomic mass is 10.2. The van der Waals surface area contributed by atoms with Crippen LogP contribution in [-0.4, -0.2) is 29.2 Å². The van der Waals surface area contributed by atoms with E-state index in [-0.39, 0.29) is 6.61 Å². The van der Waals surface area contributed by atoms with Crippen LogP contribution in [0, 0.1) is 11.8 Å². The molecule has 1 fully saturated rings. The molecule has 1 unspecified atom stereocenters. The normalized spacial score (nSPS) is 19.8. The molecule has 0 aromatic carbocycles. The maximum Gasteiger partial charge on any atom is 0.0540 e. The third-order valence-electron chi connectivity index (χ3n) is 3.45. The van der Waals surface area contributed by atoms with Crippen molar-refractivity contribution in [2.75, 3.05) is 13.2 Å². The van der Waals surface area contributed by atoms with Gasteiger partial charge in [0, 0.05) is 34.8 Å². The Kier molecular flexibility index (Phi) is 5.25. The summed E-state index contributed by atoms with van der Waals surface area (Å²) in [5.74, 6) is 6.07. The molecule has 18 heavy (non-hydrogen) atoms. The Morgan fingerprint density at radius 2 is 2.44 bits per heavy atom. The van der Waals surface area contributed by atoms with E-state index in [1.165, 1.54) is 30.7 Å². The fraction of sp³-hybridized carbons (Fsp3) is 0.600. The van der Waals surface area contributed by atoms with E-state index >= 15 is 0 Å². The number of aliphatic hydroxyl groups excluding tert-OH is 1. The molecule has 0 radical (unpaired) electrons. The highest BCUT2D eigenvalue weighted by molar-refractivity contribution is 7.10. The first-order valence-corrected chi connectivity index (χ1v) is 7.62. The van der Waals surface area contributed by atoms with Crippen molar-refractivity contribution in [3.63, 3.8) is 0 Å². The van der Waals surface area contributed by atoms with Gasteiger partial charge < -0.3 is 5.11 Å². The molecular formula is C15H21NOS. The predicted octanol–water partition coefficient (Wildman–Crippen LogP) is 2.86. The van der Waals surface area contributed by atoms with Crippen molar-refractivity contribution < 1.29 is 5.11 Å². The van der Waals surface area contributed by atoms with Crippen LogP contribution in [0.15, 0.2) is 11.4 Å². The van der Waals surface area contributed by atoms with Crippen LogP contribution in [0.3, 0.4) is 0 Å². The highest BCUT2D eigenvalue weighted by Crippen LogP contribution is 2.24. The van der Waals surface area contributed by atoms with Crippen LogP contribution >= 0.6 is 11.3 Å². The second-order valence-corrected chi connectivity index (χ2v) is 5.75. The molecule has 1 aromatic rings. The number of hydrogen-bond acceptors (Lipinski definition) is 3. The van der Waals surface area contributed by atoms with Crippen LogP contribution < -0.4 is 0 Å². The van der Waals surface area contributed by atoms with Crippen molar-refractivity contribution in [2.24, 2.45) is 0 Å². The Labute approximate surface area is 114 Å². The first-order valence-electron chi connectivity index (χ1n) is 6.74. The Morgan fingerprint density at radius 3 is 3.22 bits per heavy atom. The maximum atomic E-state index is 8.69. The molecule has 1 aliphatic heterocycles. The molecule has 1 saturated heterocycles. The number of rotatable bonds is 4. The van der Waals surface area contributed by atoms with Crippen LogP contribution in [0.5, 0.6) is 0 Å². The Hall–Kier alpha value is -0.820. The fourth-order valence-electron chi connectivity index (χ4n) is 2.52. The summed E-state index contributed by atoms with van der Waals surface area (Å²) in [6.07, 6.45) is 4.52. The molecule has 2 nitrogen and oxygen atoms in total. The lowest BCUT2D eigenvalue weighted by molar-refractivity contribution is 0.242. The number of nitrogens with zero attached hydrogens (tertiary/aromatic N) is 1. The van der Waals surface area contributed by atoms with Gasteiger partial charge in [0.15, 0.2) is 0 Å². The smallest absolute Gasteiger partial charge is 0.0540 e.